The van der Waals surface area contributed by atoms with E-state index in [1.165, 1.54) is 0 Å². The quantitative estimate of drug-likeness (QED) is 0.723. The van der Waals surface area contributed by atoms with E-state index in [4.69, 9.17) is 5.48 Å². The SMILES string of the molecule is [2H]C(C)c1ccnc(-c2ccc(C([2H])([2H])[2H])cc2)c1. The van der Waals surface area contributed by atoms with Gasteiger partial charge < -0.3 is 0 Å². The smallest absolute Gasteiger partial charge is 0.0704 e. The van der Waals surface area contributed by atoms with E-state index in [9.17, 15) is 0 Å². The lowest BCUT2D eigenvalue weighted by molar-refractivity contribution is 1.12. The van der Waals surface area contributed by atoms with Gasteiger partial charge in [-0.05, 0) is 30.9 Å². The maximum absolute atomic E-state index is 7.69. The first-order chi connectivity index (χ1) is 8.88. The summed E-state index contributed by atoms with van der Waals surface area (Å²) in [5, 5.41) is 0. The lowest BCUT2D eigenvalue weighted by Crippen LogP contribution is -1.86. The molecule has 0 saturated heterocycles. The third-order valence-electron chi connectivity index (χ3n) is 2.30. The number of nitrogens with zero attached hydrogens (tertiary/aromatic N) is 1. The van der Waals surface area contributed by atoms with Gasteiger partial charge >= 0.3 is 0 Å². The van der Waals surface area contributed by atoms with Crippen molar-refractivity contribution in [2.24, 2.45) is 0 Å². The summed E-state index contributed by atoms with van der Waals surface area (Å²) >= 11 is 0. The Morgan fingerprint density at radius 2 is 2.07 bits per heavy atom. The number of hydrogen-bond donors (Lipinski definition) is 0. The standard InChI is InChI=1S/C14H15N/c1-3-12-8-9-15-14(10-12)13-6-4-11(2)5-7-13/h4-10H,3H2,1-2H3/i2D3,3D. The molecule has 0 aliphatic rings. The first-order valence-electron chi connectivity index (χ1n) is 6.95. The van der Waals surface area contributed by atoms with Gasteiger partial charge in [0.25, 0.3) is 0 Å². The second-order valence-electron chi connectivity index (χ2n) is 3.34. The van der Waals surface area contributed by atoms with Crippen molar-refractivity contribution in [3.63, 3.8) is 0 Å². The second kappa shape index (κ2) is 4.26. The van der Waals surface area contributed by atoms with Gasteiger partial charge in [-0.2, -0.15) is 0 Å². The van der Waals surface area contributed by atoms with Gasteiger partial charge in [0, 0.05) is 17.2 Å². The monoisotopic (exact) mass is 201 g/mol. The third-order valence-corrected chi connectivity index (χ3v) is 2.30. The zero-order valence-corrected chi connectivity index (χ0v) is 8.57. The first kappa shape index (κ1) is 6.06. The molecule has 0 fully saturated rings. The van der Waals surface area contributed by atoms with Crippen LogP contribution in [0.2, 0.25) is 0 Å². The van der Waals surface area contributed by atoms with Crippen LogP contribution in [0.3, 0.4) is 0 Å². The maximum Gasteiger partial charge on any atom is 0.0704 e. The normalized spacial score (nSPS) is 17.1. The molecule has 1 heteroatoms. The van der Waals surface area contributed by atoms with Crippen molar-refractivity contribution in [1.29, 1.82) is 0 Å². The molecule has 0 radical (unpaired) electrons. The van der Waals surface area contributed by atoms with E-state index in [1.54, 1.807) is 37.4 Å². The highest BCUT2D eigenvalue weighted by molar-refractivity contribution is 5.59. The van der Waals surface area contributed by atoms with E-state index >= 15 is 0 Å². The molecular weight excluding hydrogens is 182 g/mol. The third kappa shape index (κ3) is 2.24. The summed E-state index contributed by atoms with van der Waals surface area (Å²) in [4.78, 5) is 4.26. The Hall–Kier alpha value is -1.63. The van der Waals surface area contributed by atoms with Crippen molar-refractivity contribution in [3.8, 4) is 11.3 Å². The van der Waals surface area contributed by atoms with Crippen molar-refractivity contribution in [2.75, 3.05) is 0 Å². The summed E-state index contributed by atoms with van der Waals surface area (Å²) in [5.74, 6) is 0. The zero-order chi connectivity index (χ0) is 14.0. The van der Waals surface area contributed by atoms with Gasteiger partial charge in [0.15, 0.2) is 0 Å². The molecule has 0 bridgehead atoms. The average Bonchev–Trinajstić information content (AvgIpc) is 2.38. The van der Waals surface area contributed by atoms with Crippen LogP contribution in [0.5, 0.6) is 0 Å². The number of aryl methyl sites for hydroxylation is 2. The summed E-state index contributed by atoms with van der Waals surface area (Å²) in [6.45, 7) is -0.277. The van der Waals surface area contributed by atoms with Crippen LogP contribution in [0.25, 0.3) is 11.3 Å². The molecule has 1 heterocycles. The fraction of sp³-hybridized carbons (Fsp3) is 0.214. The molecule has 1 unspecified atom stereocenters. The summed E-state index contributed by atoms with van der Waals surface area (Å²) in [5.41, 5.74) is 2.83. The van der Waals surface area contributed by atoms with Crippen molar-refractivity contribution in [2.45, 2.75) is 20.2 Å². The van der Waals surface area contributed by atoms with Gasteiger partial charge in [0.1, 0.15) is 0 Å². The Morgan fingerprint density at radius 1 is 1.27 bits per heavy atom. The summed E-state index contributed by atoms with van der Waals surface area (Å²) in [7, 11) is 0. The summed E-state index contributed by atoms with van der Waals surface area (Å²) in [6.07, 6.45) is 1.37. The largest absolute Gasteiger partial charge is 0.256 e. The van der Waals surface area contributed by atoms with Crippen LogP contribution in [-0.4, -0.2) is 4.98 Å². The van der Waals surface area contributed by atoms with Crippen molar-refractivity contribution in [3.05, 3.63) is 53.7 Å². The van der Waals surface area contributed by atoms with E-state index in [0.717, 1.165) is 16.8 Å². The summed E-state index contributed by atoms with van der Waals surface area (Å²) < 4.78 is 29.7. The fourth-order valence-corrected chi connectivity index (χ4v) is 1.43. The molecule has 1 aromatic carbocycles. The number of hydrogen-bond acceptors (Lipinski definition) is 1. The molecule has 0 spiro atoms. The van der Waals surface area contributed by atoms with Gasteiger partial charge in [-0.25, -0.2) is 0 Å². The Balaban J connectivity index is 2.35. The Morgan fingerprint density at radius 3 is 2.73 bits per heavy atom. The second-order valence-corrected chi connectivity index (χ2v) is 3.34. The predicted octanol–water partition coefficient (Wildman–Crippen LogP) is 3.62. The van der Waals surface area contributed by atoms with Gasteiger partial charge in [-0.15, -0.1) is 0 Å². The Labute approximate surface area is 96.4 Å². The van der Waals surface area contributed by atoms with Crippen molar-refractivity contribution < 1.29 is 5.48 Å². The first-order valence-corrected chi connectivity index (χ1v) is 4.87. The molecule has 0 amide bonds. The van der Waals surface area contributed by atoms with Crippen LogP contribution in [0.1, 0.15) is 23.5 Å². The van der Waals surface area contributed by atoms with Gasteiger partial charge in [0.2, 0.25) is 0 Å². The number of pyridine rings is 1. The molecule has 2 rings (SSSR count). The van der Waals surface area contributed by atoms with Crippen molar-refractivity contribution >= 4 is 0 Å². The van der Waals surface area contributed by atoms with Gasteiger partial charge in [-0.3, -0.25) is 4.98 Å². The maximum atomic E-state index is 7.69. The molecule has 0 aliphatic carbocycles. The molecule has 2 aromatic rings. The minimum atomic E-state index is -2.08. The minimum absolute atomic E-state index is 0.302. The molecule has 15 heavy (non-hydrogen) atoms. The molecule has 0 aliphatic heterocycles. The Kier molecular flexibility index (Phi) is 1.72. The van der Waals surface area contributed by atoms with E-state index in [2.05, 4.69) is 4.98 Å². The molecule has 1 aromatic heterocycles. The van der Waals surface area contributed by atoms with Crippen LogP contribution in [0.15, 0.2) is 42.6 Å². The van der Waals surface area contributed by atoms with Crippen LogP contribution < -0.4 is 0 Å². The van der Waals surface area contributed by atoms with E-state index in [1.807, 2.05) is 12.1 Å². The molecule has 1 atom stereocenters. The van der Waals surface area contributed by atoms with Crippen LogP contribution in [0, 0.1) is 6.85 Å². The molecule has 0 saturated carbocycles. The molecular formula is C14H15N. The topological polar surface area (TPSA) is 12.9 Å². The van der Waals surface area contributed by atoms with Gasteiger partial charge in [0.05, 0.1) is 5.69 Å². The fourth-order valence-electron chi connectivity index (χ4n) is 1.43. The highest BCUT2D eigenvalue weighted by Crippen LogP contribution is 2.18. The highest BCUT2D eigenvalue weighted by atomic mass is 14.7. The Bertz CT molecular complexity index is 558. The van der Waals surface area contributed by atoms with E-state index in [0.29, 0.717) is 5.56 Å². The number of rotatable bonds is 2. The number of aromatic nitrogens is 1. The minimum Gasteiger partial charge on any atom is -0.256 e. The lowest BCUT2D eigenvalue weighted by Gasteiger charge is -2.03. The van der Waals surface area contributed by atoms with E-state index in [-0.39, 0.29) is 6.40 Å². The van der Waals surface area contributed by atoms with Crippen LogP contribution >= 0.6 is 0 Å². The van der Waals surface area contributed by atoms with Crippen LogP contribution in [-0.2, 0) is 6.40 Å². The lowest BCUT2D eigenvalue weighted by atomic mass is 10.1. The number of benzene rings is 1. The van der Waals surface area contributed by atoms with E-state index < -0.39 is 6.85 Å². The molecule has 0 N–H and O–H groups in total. The molecule has 76 valence electrons. The van der Waals surface area contributed by atoms with Crippen LogP contribution in [0.4, 0.5) is 0 Å². The average molecular weight is 201 g/mol. The zero-order valence-electron chi connectivity index (χ0n) is 12.6. The molecule has 1 nitrogen and oxygen atoms in total. The highest BCUT2D eigenvalue weighted by Gasteiger charge is 1.99. The van der Waals surface area contributed by atoms with Gasteiger partial charge in [-0.1, -0.05) is 36.8 Å². The summed E-state index contributed by atoms with van der Waals surface area (Å²) in [6, 6.07) is 10.4. The van der Waals surface area contributed by atoms with Crippen molar-refractivity contribution in [1.82, 2.24) is 4.98 Å². The predicted molar refractivity (Wildman–Crippen MR) is 63.8 cm³/mol.